The van der Waals surface area contributed by atoms with Crippen LogP contribution < -0.4 is 5.32 Å². The Balaban J connectivity index is 1.23. The van der Waals surface area contributed by atoms with E-state index in [0.29, 0.717) is 28.6 Å². The van der Waals surface area contributed by atoms with Crippen LogP contribution in [0.5, 0.6) is 0 Å². The minimum atomic E-state index is -4.69. The van der Waals surface area contributed by atoms with Crippen LogP contribution in [0.15, 0.2) is 36.8 Å². The van der Waals surface area contributed by atoms with Crippen LogP contribution in [0, 0.1) is 12.8 Å². The van der Waals surface area contributed by atoms with Gasteiger partial charge in [-0.25, -0.2) is 4.98 Å². The second kappa shape index (κ2) is 9.00. The fraction of sp³-hybridized carbons (Fsp3) is 0.348. The van der Waals surface area contributed by atoms with Gasteiger partial charge in [0.05, 0.1) is 41.0 Å². The highest BCUT2D eigenvalue weighted by Crippen LogP contribution is 2.39. The molecule has 0 saturated heterocycles. The Bertz CT molecular complexity index is 1250. The minimum absolute atomic E-state index is 0.0570. The van der Waals surface area contributed by atoms with Crippen molar-refractivity contribution < 1.29 is 27.5 Å². The van der Waals surface area contributed by atoms with E-state index in [1.54, 1.807) is 36.5 Å². The van der Waals surface area contributed by atoms with Gasteiger partial charge in [-0.3, -0.25) is 29.6 Å². The summed E-state index contributed by atoms with van der Waals surface area (Å²) in [4.78, 5) is 41.0. The molecule has 35 heavy (non-hydrogen) atoms. The van der Waals surface area contributed by atoms with Gasteiger partial charge in [0, 0.05) is 24.5 Å². The first-order valence-electron chi connectivity index (χ1n) is 10.9. The Labute approximate surface area is 202 Å². The minimum Gasteiger partial charge on any atom is -0.331 e. The number of nitrogens with zero attached hydrogens (tertiary/aromatic N) is 4. The number of alkyl halides is 3. The van der Waals surface area contributed by atoms with Crippen LogP contribution in [-0.4, -0.2) is 44.1 Å². The fourth-order valence-electron chi connectivity index (χ4n) is 4.35. The topological polar surface area (TPSA) is 97.3 Å². The number of nitrogens with one attached hydrogen (secondary N) is 1. The van der Waals surface area contributed by atoms with E-state index in [4.69, 9.17) is 0 Å². The molecule has 1 saturated carbocycles. The van der Waals surface area contributed by atoms with Crippen molar-refractivity contribution >= 4 is 28.3 Å². The van der Waals surface area contributed by atoms with Gasteiger partial charge in [-0.1, -0.05) is 11.3 Å². The molecule has 8 nitrogen and oxygen atoms in total. The number of amides is 2. The first kappa shape index (κ1) is 23.4. The molecule has 1 aliphatic heterocycles. The Hall–Kier alpha value is -3.38. The van der Waals surface area contributed by atoms with Crippen molar-refractivity contribution in [1.82, 2.24) is 19.9 Å². The lowest BCUT2D eigenvalue weighted by molar-refractivity contribution is -0.353. The van der Waals surface area contributed by atoms with Crippen LogP contribution in [0.2, 0.25) is 0 Å². The molecular formula is C23H20F3N5O3S. The van der Waals surface area contributed by atoms with Gasteiger partial charge < -0.3 is 4.90 Å². The number of hydrogen-bond acceptors (Lipinski definition) is 7. The van der Waals surface area contributed by atoms with Crippen molar-refractivity contribution in [3.05, 3.63) is 58.6 Å². The molecule has 0 aromatic carbocycles. The predicted molar refractivity (Wildman–Crippen MR) is 120 cm³/mol. The summed E-state index contributed by atoms with van der Waals surface area (Å²) in [6, 6.07) is 5.40. The van der Waals surface area contributed by atoms with Gasteiger partial charge in [-0.05, 0) is 49.1 Å². The van der Waals surface area contributed by atoms with E-state index in [1.807, 2.05) is 12.1 Å². The number of hydrogen-bond donors (Lipinski definition) is 1. The largest absolute Gasteiger partial charge is 0.522 e. The molecule has 1 fully saturated rings. The lowest BCUT2D eigenvalue weighted by Crippen LogP contribution is -2.44. The molecule has 1 aliphatic carbocycles. The summed E-state index contributed by atoms with van der Waals surface area (Å²) in [6.45, 7) is 2.34. The van der Waals surface area contributed by atoms with Gasteiger partial charge in [0.1, 0.15) is 0 Å². The Morgan fingerprint density at radius 2 is 1.89 bits per heavy atom. The van der Waals surface area contributed by atoms with E-state index in [2.05, 4.69) is 25.0 Å². The van der Waals surface area contributed by atoms with Crippen LogP contribution in [0.4, 0.5) is 18.3 Å². The maximum absolute atomic E-state index is 13.1. The van der Waals surface area contributed by atoms with Crippen molar-refractivity contribution in [2.75, 3.05) is 5.32 Å². The summed E-state index contributed by atoms with van der Waals surface area (Å²) in [5, 5.41) is 3.26. The summed E-state index contributed by atoms with van der Waals surface area (Å²) in [5.41, 5.74) is 3.26. The number of pyridine rings is 2. The molecular weight excluding hydrogens is 483 g/mol. The maximum atomic E-state index is 13.1. The Morgan fingerprint density at radius 1 is 1.14 bits per heavy atom. The van der Waals surface area contributed by atoms with Gasteiger partial charge in [0.25, 0.3) is 5.91 Å². The van der Waals surface area contributed by atoms with Crippen molar-refractivity contribution in [3.63, 3.8) is 0 Å². The number of fused-ring (bicyclic) bond motifs is 1. The molecule has 2 aliphatic rings. The van der Waals surface area contributed by atoms with Gasteiger partial charge in [0.2, 0.25) is 5.91 Å². The monoisotopic (exact) mass is 503 g/mol. The van der Waals surface area contributed by atoms with Crippen molar-refractivity contribution in [1.29, 1.82) is 0 Å². The highest BCUT2D eigenvalue weighted by atomic mass is 32.1. The lowest BCUT2D eigenvalue weighted by Gasteiger charge is -2.36. The molecule has 0 unspecified atom stereocenters. The second-order valence-electron chi connectivity index (χ2n) is 8.45. The van der Waals surface area contributed by atoms with Crippen molar-refractivity contribution in [2.45, 2.75) is 45.3 Å². The number of thiazole rings is 1. The SMILES string of the molecule is Cc1nccc(-c2ccncc2)c1C(=O)Nc1nc2c(s1)CN(C(=O)C1CC(OC(F)(F)F)C1)C2. The maximum Gasteiger partial charge on any atom is 0.522 e. The third-order valence-electron chi connectivity index (χ3n) is 6.09. The van der Waals surface area contributed by atoms with E-state index in [1.165, 1.54) is 11.3 Å². The predicted octanol–water partition coefficient (Wildman–Crippen LogP) is 4.32. The highest BCUT2D eigenvalue weighted by Gasteiger charge is 2.44. The molecule has 3 aromatic rings. The zero-order valence-corrected chi connectivity index (χ0v) is 19.3. The summed E-state index contributed by atoms with van der Waals surface area (Å²) < 4.78 is 40.9. The van der Waals surface area contributed by atoms with Gasteiger partial charge in [0.15, 0.2) is 5.13 Å². The quantitative estimate of drug-likeness (QED) is 0.557. The van der Waals surface area contributed by atoms with E-state index >= 15 is 0 Å². The van der Waals surface area contributed by atoms with Crippen LogP contribution in [0.25, 0.3) is 11.1 Å². The third kappa shape index (κ3) is 4.89. The first-order chi connectivity index (χ1) is 16.7. The number of halogens is 3. The summed E-state index contributed by atoms with van der Waals surface area (Å²) in [5.74, 6) is -1.01. The molecule has 182 valence electrons. The molecule has 1 N–H and O–H groups in total. The molecule has 4 heterocycles. The van der Waals surface area contributed by atoms with Gasteiger partial charge >= 0.3 is 6.36 Å². The van der Waals surface area contributed by atoms with Crippen molar-refractivity contribution in [3.8, 4) is 11.1 Å². The normalized spacial score (nSPS) is 19.3. The highest BCUT2D eigenvalue weighted by molar-refractivity contribution is 7.16. The summed E-state index contributed by atoms with van der Waals surface area (Å²) in [7, 11) is 0. The Morgan fingerprint density at radius 3 is 2.57 bits per heavy atom. The zero-order valence-electron chi connectivity index (χ0n) is 18.5. The number of aromatic nitrogens is 3. The smallest absolute Gasteiger partial charge is 0.331 e. The van der Waals surface area contributed by atoms with E-state index in [-0.39, 0.29) is 31.2 Å². The molecule has 0 bridgehead atoms. The third-order valence-corrected chi connectivity index (χ3v) is 7.09. The lowest BCUT2D eigenvalue weighted by atomic mass is 9.81. The Kier molecular flexibility index (Phi) is 6.01. The van der Waals surface area contributed by atoms with E-state index < -0.39 is 18.4 Å². The first-order valence-corrected chi connectivity index (χ1v) is 11.7. The van der Waals surface area contributed by atoms with E-state index in [0.717, 1.165) is 16.0 Å². The molecule has 5 rings (SSSR count). The van der Waals surface area contributed by atoms with Crippen LogP contribution in [0.1, 0.15) is 39.5 Å². The van der Waals surface area contributed by atoms with Crippen LogP contribution in [-0.2, 0) is 22.6 Å². The zero-order chi connectivity index (χ0) is 24.7. The standard InChI is InChI=1S/C23H20F3N5O3S/c1-12-19(16(4-7-28-12)13-2-5-27-6-3-13)20(32)30-22-29-17-10-31(11-18(17)35-22)21(33)14-8-15(9-14)34-23(24,25)26/h2-7,14-15H,8-11H2,1H3,(H,29,30,32). The van der Waals surface area contributed by atoms with E-state index in [9.17, 15) is 22.8 Å². The summed E-state index contributed by atoms with van der Waals surface area (Å²) in [6.07, 6.45) is -0.590. The molecule has 0 spiro atoms. The second-order valence-corrected chi connectivity index (χ2v) is 9.53. The van der Waals surface area contributed by atoms with Crippen molar-refractivity contribution in [2.24, 2.45) is 5.92 Å². The number of carbonyl (C=O) groups is 2. The fourth-order valence-corrected chi connectivity index (χ4v) is 5.33. The molecule has 2 amide bonds. The molecule has 3 aromatic heterocycles. The van der Waals surface area contributed by atoms with Gasteiger partial charge in [-0.15, -0.1) is 13.2 Å². The average Bonchev–Trinajstić information content (AvgIpc) is 3.34. The molecule has 0 radical (unpaired) electrons. The molecule has 0 atom stereocenters. The number of rotatable bonds is 5. The number of anilines is 1. The summed E-state index contributed by atoms with van der Waals surface area (Å²) >= 11 is 1.28. The number of carbonyl (C=O) groups excluding carboxylic acids is 2. The van der Waals surface area contributed by atoms with Gasteiger partial charge in [-0.2, -0.15) is 0 Å². The van der Waals surface area contributed by atoms with Crippen LogP contribution in [0.3, 0.4) is 0 Å². The van der Waals surface area contributed by atoms with Crippen LogP contribution >= 0.6 is 11.3 Å². The average molecular weight is 504 g/mol. The number of aryl methyl sites for hydroxylation is 1. The number of ether oxygens (including phenoxy) is 1. The molecule has 12 heteroatoms.